The molecule has 0 atom stereocenters. The molecule has 0 bridgehead atoms. The van der Waals surface area contributed by atoms with Crippen LogP contribution in [0.2, 0.25) is 0 Å². The lowest BCUT2D eigenvalue weighted by molar-refractivity contribution is -0.384. The third kappa shape index (κ3) is 5.24. The Morgan fingerprint density at radius 2 is 1.87 bits per heavy atom. The van der Waals surface area contributed by atoms with Gasteiger partial charge in [-0.1, -0.05) is 19.8 Å². The van der Waals surface area contributed by atoms with Crippen LogP contribution in [0.3, 0.4) is 0 Å². The lowest BCUT2D eigenvalue weighted by atomic mass is 10.0. The van der Waals surface area contributed by atoms with Crippen molar-refractivity contribution in [2.24, 2.45) is 0 Å². The molecule has 7 heteroatoms. The number of nitrogens with zero attached hydrogens (tertiary/aromatic N) is 1. The number of nitro benzene ring substituents is 1. The summed E-state index contributed by atoms with van der Waals surface area (Å²) in [6.45, 7) is 2.17. The molecule has 6 nitrogen and oxygen atoms in total. The van der Waals surface area contributed by atoms with Crippen LogP contribution in [0.15, 0.2) is 48.5 Å². The second-order valence-corrected chi connectivity index (χ2v) is 7.85. The van der Waals surface area contributed by atoms with Crippen LogP contribution in [0, 0.1) is 10.1 Å². The van der Waals surface area contributed by atoms with Crippen LogP contribution in [0.25, 0.3) is 16.2 Å². The summed E-state index contributed by atoms with van der Waals surface area (Å²) in [5.41, 5.74) is 1.17. The highest BCUT2D eigenvalue weighted by molar-refractivity contribution is 7.20. The first-order chi connectivity index (χ1) is 14.5. The van der Waals surface area contributed by atoms with Gasteiger partial charge >= 0.3 is 5.97 Å². The van der Waals surface area contributed by atoms with Gasteiger partial charge in [-0.2, -0.15) is 0 Å². The molecule has 0 aliphatic carbocycles. The maximum atomic E-state index is 12.2. The van der Waals surface area contributed by atoms with Crippen molar-refractivity contribution < 1.29 is 19.2 Å². The molecule has 0 amide bonds. The topological polar surface area (TPSA) is 78.7 Å². The highest BCUT2D eigenvalue weighted by atomic mass is 32.1. The molecule has 0 saturated heterocycles. The predicted molar refractivity (Wildman–Crippen MR) is 119 cm³/mol. The number of benzene rings is 2. The van der Waals surface area contributed by atoms with E-state index in [0.717, 1.165) is 41.0 Å². The number of carbonyl (C=O) groups excluding carboxylic acids is 1. The van der Waals surface area contributed by atoms with Crippen molar-refractivity contribution >= 4 is 39.2 Å². The van der Waals surface area contributed by atoms with Gasteiger partial charge in [0, 0.05) is 27.8 Å². The molecule has 0 saturated carbocycles. The van der Waals surface area contributed by atoms with Crippen molar-refractivity contribution in [1.82, 2.24) is 0 Å². The van der Waals surface area contributed by atoms with E-state index in [4.69, 9.17) is 9.47 Å². The lowest BCUT2D eigenvalue weighted by Gasteiger charge is -2.03. The van der Waals surface area contributed by atoms with Crippen molar-refractivity contribution in [3.05, 3.63) is 69.1 Å². The zero-order valence-corrected chi connectivity index (χ0v) is 17.7. The minimum absolute atomic E-state index is 0.0530. The summed E-state index contributed by atoms with van der Waals surface area (Å²) in [5, 5.41) is 11.9. The van der Waals surface area contributed by atoms with E-state index in [1.807, 2.05) is 12.1 Å². The van der Waals surface area contributed by atoms with Crippen molar-refractivity contribution in [3.63, 3.8) is 0 Å². The standard InChI is InChI=1S/C23H23NO5S/c1-3-4-5-6-19-20-12-11-18(28-2)15-22(20)30-21(19)13-14-23(25)29-17-9-7-16(8-10-17)24(26)27/h7-15H,3-6H2,1-2H3. The van der Waals surface area contributed by atoms with Gasteiger partial charge in [0.15, 0.2) is 0 Å². The second-order valence-electron chi connectivity index (χ2n) is 6.77. The maximum Gasteiger partial charge on any atom is 0.336 e. The molecule has 30 heavy (non-hydrogen) atoms. The van der Waals surface area contributed by atoms with E-state index in [2.05, 4.69) is 13.0 Å². The number of hydrogen-bond donors (Lipinski definition) is 0. The molecule has 0 N–H and O–H groups in total. The Labute approximate surface area is 178 Å². The number of nitro groups is 1. The molecular formula is C23H23NO5S. The summed E-state index contributed by atoms with van der Waals surface area (Å²) >= 11 is 1.62. The number of hydrogen-bond acceptors (Lipinski definition) is 6. The summed E-state index contributed by atoms with van der Waals surface area (Å²) in [7, 11) is 1.64. The van der Waals surface area contributed by atoms with Crippen molar-refractivity contribution in [2.75, 3.05) is 7.11 Å². The van der Waals surface area contributed by atoms with Crippen molar-refractivity contribution in [2.45, 2.75) is 32.6 Å². The van der Waals surface area contributed by atoms with Gasteiger partial charge in [0.05, 0.1) is 12.0 Å². The molecule has 3 rings (SSSR count). The van der Waals surface area contributed by atoms with E-state index in [0.29, 0.717) is 0 Å². The van der Waals surface area contributed by atoms with Gasteiger partial charge in [0.1, 0.15) is 11.5 Å². The number of aryl methyl sites for hydroxylation is 1. The van der Waals surface area contributed by atoms with E-state index >= 15 is 0 Å². The molecule has 1 heterocycles. The third-order valence-corrected chi connectivity index (χ3v) is 5.86. The van der Waals surface area contributed by atoms with Crippen molar-refractivity contribution in [3.8, 4) is 11.5 Å². The minimum Gasteiger partial charge on any atom is -0.497 e. The molecule has 0 unspecified atom stereocenters. The molecule has 1 aromatic heterocycles. The summed E-state index contributed by atoms with van der Waals surface area (Å²) in [6.07, 6.45) is 7.50. The van der Waals surface area contributed by atoms with Crippen LogP contribution < -0.4 is 9.47 Å². The van der Waals surface area contributed by atoms with Crippen LogP contribution in [-0.2, 0) is 11.2 Å². The maximum absolute atomic E-state index is 12.2. The Hall–Kier alpha value is -3.19. The van der Waals surface area contributed by atoms with E-state index in [1.54, 1.807) is 24.5 Å². The second kappa shape index (κ2) is 10.0. The Kier molecular flexibility index (Phi) is 7.19. The first-order valence-electron chi connectivity index (χ1n) is 9.75. The van der Waals surface area contributed by atoms with Crippen LogP contribution >= 0.6 is 11.3 Å². The number of thiophene rings is 1. The largest absolute Gasteiger partial charge is 0.497 e. The monoisotopic (exact) mass is 425 g/mol. The van der Waals surface area contributed by atoms with Gasteiger partial charge in [-0.3, -0.25) is 10.1 Å². The zero-order valence-electron chi connectivity index (χ0n) is 16.9. The average molecular weight is 426 g/mol. The normalized spacial score (nSPS) is 11.1. The Balaban J connectivity index is 1.79. The molecule has 0 spiro atoms. The molecule has 0 aliphatic heterocycles. The highest BCUT2D eigenvalue weighted by Crippen LogP contribution is 2.35. The van der Waals surface area contributed by atoms with Crippen LogP contribution in [0.4, 0.5) is 5.69 Å². The summed E-state index contributed by atoms with van der Waals surface area (Å²) in [4.78, 5) is 23.5. The number of unbranched alkanes of at least 4 members (excludes halogenated alkanes) is 2. The zero-order chi connectivity index (χ0) is 21.5. The van der Waals surface area contributed by atoms with Crippen LogP contribution in [0.5, 0.6) is 11.5 Å². The molecule has 2 aromatic carbocycles. The number of methoxy groups -OCH3 is 1. The minimum atomic E-state index is -0.529. The van der Waals surface area contributed by atoms with Gasteiger partial charge in [-0.25, -0.2) is 4.79 Å². The van der Waals surface area contributed by atoms with E-state index in [1.165, 1.54) is 41.3 Å². The summed E-state index contributed by atoms with van der Waals surface area (Å²) in [5.74, 6) is 0.537. The van der Waals surface area contributed by atoms with Gasteiger partial charge < -0.3 is 9.47 Å². The van der Waals surface area contributed by atoms with Crippen LogP contribution in [-0.4, -0.2) is 18.0 Å². The Morgan fingerprint density at radius 1 is 1.13 bits per heavy atom. The summed E-state index contributed by atoms with van der Waals surface area (Å²) in [6, 6.07) is 11.5. The molecule has 3 aromatic rings. The van der Waals surface area contributed by atoms with E-state index in [-0.39, 0.29) is 11.4 Å². The highest BCUT2D eigenvalue weighted by Gasteiger charge is 2.12. The number of carbonyl (C=O) groups is 1. The molecule has 156 valence electrons. The number of rotatable bonds is 9. The third-order valence-electron chi connectivity index (χ3n) is 4.70. The number of esters is 1. The fourth-order valence-electron chi connectivity index (χ4n) is 3.15. The quantitative estimate of drug-likeness (QED) is 0.102. The van der Waals surface area contributed by atoms with Crippen LogP contribution in [0.1, 0.15) is 36.6 Å². The Morgan fingerprint density at radius 3 is 2.53 bits per heavy atom. The molecular weight excluding hydrogens is 402 g/mol. The fraction of sp³-hybridized carbons (Fsp3) is 0.261. The van der Waals surface area contributed by atoms with Gasteiger partial charge in [-0.15, -0.1) is 11.3 Å². The number of fused-ring (bicyclic) bond motifs is 1. The molecule has 0 fully saturated rings. The lowest BCUT2D eigenvalue weighted by Crippen LogP contribution is -2.03. The van der Waals surface area contributed by atoms with Gasteiger partial charge in [0.25, 0.3) is 5.69 Å². The molecule has 0 aliphatic rings. The fourth-order valence-corrected chi connectivity index (χ4v) is 4.33. The number of ether oxygens (including phenoxy) is 2. The molecule has 0 radical (unpaired) electrons. The average Bonchev–Trinajstić information content (AvgIpc) is 3.09. The van der Waals surface area contributed by atoms with E-state index < -0.39 is 10.9 Å². The van der Waals surface area contributed by atoms with E-state index in [9.17, 15) is 14.9 Å². The summed E-state index contributed by atoms with van der Waals surface area (Å²) < 4.78 is 11.7. The smallest absolute Gasteiger partial charge is 0.336 e. The number of non-ortho nitro benzene ring substituents is 1. The first kappa shape index (κ1) is 21.5. The van der Waals surface area contributed by atoms with Crippen molar-refractivity contribution in [1.29, 1.82) is 0 Å². The Bertz CT molecular complexity index is 1070. The van der Waals surface area contributed by atoms with Gasteiger partial charge in [-0.05, 0) is 60.2 Å². The van der Waals surface area contributed by atoms with Gasteiger partial charge in [0.2, 0.25) is 0 Å². The predicted octanol–water partition coefficient (Wildman–Crippen LogP) is 6.17. The first-order valence-corrected chi connectivity index (χ1v) is 10.6. The SMILES string of the molecule is CCCCCc1c(C=CC(=O)Oc2ccc([N+](=O)[O-])cc2)sc2cc(OC)ccc12.